The summed E-state index contributed by atoms with van der Waals surface area (Å²) in [6, 6.07) is 30.5. The van der Waals surface area contributed by atoms with Crippen LogP contribution in [0, 0.1) is 36.5 Å². The number of ketones is 1. The number of hydrogen-bond donors (Lipinski definition) is 1. The van der Waals surface area contributed by atoms with Gasteiger partial charge in [0.15, 0.2) is 5.78 Å². The zero-order valence-corrected chi connectivity index (χ0v) is 53.3. The van der Waals surface area contributed by atoms with Gasteiger partial charge in [0.2, 0.25) is 0 Å². The van der Waals surface area contributed by atoms with E-state index >= 15 is 8.78 Å². The van der Waals surface area contributed by atoms with E-state index in [-0.39, 0.29) is 54.7 Å². The first kappa shape index (κ1) is 62.8. The Morgan fingerprint density at radius 3 is 1.75 bits per heavy atom. The maximum absolute atomic E-state index is 16.8. The number of benzene rings is 5. The average Bonchev–Trinajstić information content (AvgIpc) is 3.64. The van der Waals surface area contributed by atoms with Crippen LogP contribution in [0.25, 0.3) is 55.1 Å². The molecule has 1 heterocycles. The smallest absolute Gasteiger partial charge is 0.162 e. The normalized spacial score (nSPS) is 13.2. The van der Waals surface area contributed by atoms with E-state index in [0.717, 1.165) is 64.0 Å². The van der Waals surface area contributed by atoms with Crippen LogP contribution in [-0.2, 0) is 30.3 Å². The van der Waals surface area contributed by atoms with Crippen molar-refractivity contribution in [2.75, 3.05) is 0 Å². The summed E-state index contributed by atoms with van der Waals surface area (Å²) in [7, 11) is -4.61. The van der Waals surface area contributed by atoms with Crippen LogP contribution in [0.3, 0.4) is 0 Å². The first-order valence-corrected chi connectivity index (χ1v) is 36.3. The molecule has 0 unspecified atom stereocenters. The number of fused-ring (bicyclic) bond motifs is 6. The van der Waals surface area contributed by atoms with Crippen LogP contribution in [0.2, 0.25) is 39.3 Å². The van der Waals surface area contributed by atoms with Crippen molar-refractivity contribution in [3.63, 3.8) is 0 Å². The first-order valence-electron chi connectivity index (χ1n) is 29.3. The van der Waals surface area contributed by atoms with E-state index in [2.05, 4.69) is 101 Å². The van der Waals surface area contributed by atoms with Gasteiger partial charge in [0, 0.05) is 60.2 Å². The number of aromatic nitrogens is 1. The molecule has 1 N–H and O–H groups in total. The molecule has 3 nitrogen and oxygen atoms in total. The van der Waals surface area contributed by atoms with Crippen molar-refractivity contribution in [1.29, 1.82) is 0 Å². The number of carbonyl (C=O) groups excluding carboxylic acids is 1. The Bertz CT molecular complexity index is 2910. The molecule has 0 amide bonds. The molecule has 0 saturated carbocycles. The number of pyridine rings is 1. The second-order valence-corrected chi connectivity index (χ2v) is 34.0. The number of aliphatic hydroxyl groups is 1. The molecule has 1 aromatic heterocycles. The average molecular weight is 1240 g/mol. The molecule has 0 fully saturated rings. The molecule has 0 saturated heterocycles. The van der Waals surface area contributed by atoms with Gasteiger partial charge in [-0.2, -0.15) is 0 Å². The van der Waals surface area contributed by atoms with Gasteiger partial charge in [0.1, 0.15) is 11.6 Å². The quantitative estimate of drug-likeness (QED) is 0.0155. The predicted molar refractivity (Wildman–Crippen MR) is 326 cm³/mol. The van der Waals surface area contributed by atoms with E-state index in [0.29, 0.717) is 16.0 Å². The summed E-state index contributed by atoms with van der Waals surface area (Å²) < 4.78 is 33.3. The third-order valence-electron chi connectivity index (χ3n) is 16.4. The molecule has 0 atom stereocenters. The van der Waals surface area contributed by atoms with Gasteiger partial charge < -0.3 is 10.1 Å². The summed E-state index contributed by atoms with van der Waals surface area (Å²) in [6.45, 7) is 27.4. The number of aliphatic hydroxyl groups excluding tert-OH is 1. The Kier molecular flexibility index (Phi) is 23.3. The minimum Gasteiger partial charge on any atom is -0.512 e. The van der Waals surface area contributed by atoms with Gasteiger partial charge in [-0.05, 0) is 99.4 Å². The van der Waals surface area contributed by atoms with Gasteiger partial charge in [0.05, 0.1) is 21.9 Å². The largest absolute Gasteiger partial charge is 0.512 e. The SMILES string of the molecule is CCC(CC)C(=O)/C=C(\O)C(CC)CC.CCCCCCCCC1(CCCCCCCC)c2ccccc2-c2ccc(-c3cc(C)[c-]c(-c4nccc5c4ccc4c(F)c([Si](C)(C)C)c(F)c([Si](C)(C)C)c45)c3)cc21.[Ir]. The number of nitrogens with zero attached hydrogens (tertiary/aromatic N) is 1. The Morgan fingerprint density at radius 2 is 1.17 bits per heavy atom. The van der Waals surface area contributed by atoms with Crippen molar-refractivity contribution in [3.05, 3.63) is 125 Å². The van der Waals surface area contributed by atoms with Crippen LogP contribution < -0.4 is 10.4 Å². The molecular formula is C68H92F2IrNO2Si2-. The van der Waals surface area contributed by atoms with Gasteiger partial charge in [-0.15, -0.1) is 34.9 Å². The standard InChI is InChI=1S/C55H68F2NSi2.C13H24O2.Ir/c1-10-12-14-16-18-22-31-55(32-23-19-17-15-13-11-2)47-25-21-20-24-42(47)43-27-26-39(37-48(43)55)40-34-38(3)35-41(36-40)52-45-28-29-46-49(44(45)30-33-58-52)53(59(4,5)6)51(57)54(50(46)56)60(7,8)9;1-5-10(6-2)12(14)9-13(15)11(7-3)8-4;/h20-21,24-30,33-34,36-37H,10-19,22-23,31-32H2,1-9H3;9-11,14H,5-8H2,1-4H3;/q-1;;/b;12-9-;. The molecule has 8 heteroatoms. The van der Waals surface area contributed by atoms with Gasteiger partial charge in [-0.3, -0.25) is 4.79 Å². The van der Waals surface area contributed by atoms with E-state index in [1.807, 2.05) is 71.7 Å². The molecule has 1 aliphatic rings. The molecule has 7 rings (SSSR count). The molecule has 76 heavy (non-hydrogen) atoms. The fourth-order valence-electron chi connectivity index (χ4n) is 12.3. The van der Waals surface area contributed by atoms with E-state index < -0.39 is 22.0 Å². The van der Waals surface area contributed by atoms with Crippen LogP contribution in [-0.4, -0.2) is 32.0 Å². The molecule has 1 aliphatic carbocycles. The van der Waals surface area contributed by atoms with Crippen molar-refractivity contribution < 1.29 is 38.8 Å². The van der Waals surface area contributed by atoms with E-state index in [9.17, 15) is 9.90 Å². The minimum atomic E-state index is -2.33. The predicted octanol–water partition coefficient (Wildman–Crippen LogP) is 19.8. The number of hydrogen-bond acceptors (Lipinski definition) is 3. The summed E-state index contributed by atoms with van der Waals surface area (Å²) in [5.41, 5.74) is 10.9. The monoisotopic (exact) mass is 1240 g/mol. The Labute approximate surface area is 474 Å². The van der Waals surface area contributed by atoms with Crippen molar-refractivity contribution in [2.24, 2.45) is 11.8 Å². The van der Waals surface area contributed by atoms with Crippen LogP contribution >= 0.6 is 0 Å². The second kappa shape index (κ2) is 28.2. The molecule has 6 aromatic rings. The van der Waals surface area contributed by atoms with E-state index in [1.54, 1.807) is 0 Å². The third-order valence-corrected chi connectivity index (χ3v) is 20.4. The van der Waals surface area contributed by atoms with Crippen LogP contribution in [0.4, 0.5) is 8.78 Å². The van der Waals surface area contributed by atoms with Crippen molar-refractivity contribution >= 4 is 53.8 Å². The maximum atomic E-state index is 16.8. The minimum absolute atomic E-state index is 0. The zero-order chi connectivity index (χ0) is 54.7. The maximum Gasteiger partial charge on any atom is 0.162 e. The Hall–Kier alpha value is -4.08. The fraction of sp³-hybridized carbons (Fsp3) is 0.500. The van der Waals surface area contributed by atoms with Gasteiger partial charge in [0.25, 0.3) is 0 Å². The van der Waals surface area contributed by atoms with Gasteiger partial charge >= 0.3 is 0 Å². The molecule has 0 aliphatic heterocycles. The second-order valence-electron chi connectivity index (χ2n) is 24.0. The molecule has 1 radical (unpaired) electrons. The summed E-state index contributed by atoms with van der Waals surface area (Å²) in [6.07, 6.45) is 24.7. The van der Waals surface area contributed by atoms with Crippen molar-refractivity contribution in [1.82, 2.24) is 4.98 Å². The fourth-order valence-corrected chi connectivity index (χ4v) is 15.8. The Balaban J connectivity index is 0.000000581. The summed E-state index contributed by atoms with van der Waals surface area (Å²) in [5, 5.41) is 13.8. The van der Waals surface area contributed by atoms with Crippen LogP contribution in [0.1, 0.15) is 174 Å². The van der Waals surface area contributed by atoms with Gasteiger partial charge in [-0.1, -0.05) is 219 Å². The van der Waals surface area contributed by atoms with E-state index in [1.165, 1.54) is 124 Å². The van der Waals surface area contributed by atoms with Crippen LogP contribution in [0.15, 0.2) is 90.8 Å². The number of halogens is 2. The molecule has 413 valence electrons. The summed E-state index contributed by atoms with van der Waals surface area (Å²) >= 11 is 0. The molecular weight excluding hydrogens is 1150 g/mol. The first-order chi connectivity index (χ1) is 35.8. The Morgan fingerprint density at radius 1 is 0.618 bits per heavy atom. The van der Waals surface area contributed by atoms with Crippen molar-refractivity contribution in [2.45, 2.75) is 209 Å². The summed E-state index contributed by atoms with van der Waals surface area (Å²) in [5.74, 6) is -0.168. The molecule has 0 spiro atoms. The third kappa shape index (κ3) is 14.2. The number of aryl methyl sites for hydroxylation is 1. The van der Waals surface area contributed by atoms with Crippen molar-refractivity contribution in [3.8, 4) is 33.5 Å². The molecule has 0 bridgehead atoms. The van der Waals surface area contributed by atoms with Gasteiger partial charge in [-0.25, -0.2) is 8.78 Å². The zero-order valence-electron chi connectivity index (χ0n) is 48.9. The number of allylic oxidation sites excluding steroid dienone is 2. The number of carbonyl (C=O) groups is 1. The van der Waals surface area contributed by atoms with E-state index in [4.69, 9.17) is 4.98 Å². The summed E-state index contributed by atoms with van der Waals surface area (Å²) in [4.78, 5) is 16.7. The van der Waals surface area contributed by atoms with Crippen LogP contribution in [0.5, 0.6) is 0 Å². The molecule has 5 aromatic carbocycles. The number of rotatable bonds is 25. The topological polar surface area (TPSA) is 50.2 Å². The number of unbranched alkanes of at least 4 members (excludes halogenated alkanes) is 10.